The molecule has 0 saturated heterocycles. The number of nitrogens with zero attached hydrogens (tertiary/aromatic N) is 2. The smallest absolute Gasteiger partial charge is 0.269 e. The molecule has 3 aromatic rings. The van der Waals surface area contributed by atoms with Crippen molar-refractivity contribution in [2.24, 2.45) is 0 Å². The van der Waals surface area contributed by atoms with Crippen LogP contribution in [0.25, 0.3) is 22.6 Å². The van der Waals surface area contributed by atoms with Gasteiger partial charge in [-0.3, -0.25) is 10.1 Å². The standard InChI is InChI=1S/C21H22N2O3/c1-4-14-11-17(12-15(5-2)19(14)6-3)21-13-20(22-26-21)16-7-9-18(10-8-16)23(24)25/h7-13H,4-6H2,1-3H3. The molecule has 5 heteroatoms. The molecule has 26 heavy (non-hydrogen) atoms. The van der Waals surface area contributed by atoms with Crippen molar-refractivity contribution in [1.29, 1.82) is 0 Å². The third-order valence-electron chi connectivity index (χ3n) is 4.72. The van der Waals surface area contributed by atoms with Crippen molar-refractivity contribution < 1.29 is 9.45 Å². The van der Waals surface area contributed by atoms with Gasteiger partial charge in [0.1, 0.15) is 5.69 Å². The summed E-state index contributed by atoms with van der Waals surface area (Å²) >= 11 is 0. The Morgan fingerprint density at radius 3 is 2.04 bits per heavy atom. The molecule has 1 aromatic heterocycles. The van der Waals surface area contributed by atoms with E-state index in [4.69, 9.17) is 4.52 Å². The van der Waals surface area contributed by atoms with Crippen molar-refractivity contribution in [3.8, 4) is 22.6 Å². The van der Waals surface area contributed by atoms with Crippen LogP contribution in [0, 0.1) is 10.1 Å². The van der Waals surface area contributed by atoms with Crippen LogP contribution in [0.5, 0.6) is 0 Å². The topological polar surface area (TPSA) is 69.2 Å². The van der Waals surface area contributed by atoms with E-state index in [2.05, 4.69) is 38.1 Å². The number of non-ortho nitro benzene ring substituents is 1. The molecule has 0 bridgehead atoms. The van der Waals surface area contributed by atoms with Crippen LogP contribution >= 0.6 is 0 Å². The Bertz CT molecular complexity index is 902. The van der Waals surface area contributed by atoms with Crippen LogP contribution in [0.2, 0.25) is 0 Å². The first-order chi connectivity index (χ1) is 12.6. The van der Waals surface area contributed by atoms with Crippen molar-refractivity contribution in [2.75, 3.05) is 0 Å². The average Bonchev–Trinajstić information content (AvgIpc) is 3.17. The first-order valence-electron chi connectivity index (χ1n) is 8.93. The number of hydrogen-bond donors (Lipinski definition) is 0. The fourth-order valence-electron chi connectivity index (χ4n) is 3.33. The van der Waals surface area contributed by atoms with E-state index >= 15 is 0 Å². The maximum absolute atomic E-state index is 10.8. The van der Waals surface area contributed by atoms with Gasteiger partial charge in [0, 0.05) is 29.3 Å². The van der Waals surface area contributed by atoms with Gasteiger partial charge in [-0.1, -0.05) is 25.9 Å². The quantitative estimate of drug-likeness (QED) is 0.428. The SMILES string of the molecule is CCc1cc(-c2cc(-c3ccc([N+](=O)[O-])cc3)no2)cc(CC)c1CC. The zero-order valence-corrected chi connectivity index (χ0v) is 15.3. The van der Waals surface area contributed by atoms with E-state index in [1.165, 1.54) is 28.8 Å². The maximum Gasteiger partial charge on any atom is 0.269 e. The van der Waals surface area contributed by atoms with E-state index in [-0.39, 0.29) is 5.69 Å². The maximum atomic E-state index is 10.8. The molecular formula is C21H22N2O3. The molecule has 0 spiro atoms. The van der Waals surface area contributed by atoms with Crippen molar-refractivity contribution in [3.63, 3.8) is 0 Å². The first kappa shape index (κ1) is 17.9. The molecule has 5 nitrogen and oxygen atoms in total. The van der Waals surface area contributed by atoms with Crippen LogP contribution in [0.3, 0.4) is 0 Å². The lowest BCUT2D eigenvalue weighted by Gasteiger charge is -2.13. The summed E-state index contributed by atoms with van der Waals surface area (Å²) in [6.07, 6.45) is 2.98. The van der Waals surface area contributed by atoms with Crippen molar-refractivity contribution in [2.45, 2.75) is 40.0 Å². The molecule has 0 radical (unpaired) electrons. The highest BCUT2D eigenvalue weighted by atomic mass is 16.6. The zero-order chi connectivity index (χ0) is 18.7. The lowest BCUT2D eigenvalue weighted by Crippen LogP contribution is -1.98. The minimum atomic E-state index is -0.411. The van der Waals surface area contributed by atoms with Gasteiger partial charge in [0.05, 0.1) is 4.92 Å². The second-order valence-electron chi connectivity index (χ2n) is 6.21. The number of hydrogen-bond acceptors (Lipinski definition) is 4. The third kappa shape index (κ3) is 3.38. The molecule has 0 aliphatic heterocycles. The fourth-order valence-corrected chi connectivity index (χ4v) is 3.33. The summed E-state index contributed by atoms with van der Waals surface area (Å²) in [5.74, 6) is 0.713. The molecule has 0 aliphatic carbocycles. The Balaban J connectivity index is 1.98. The van der Waals surface area contributed by atoms with Crippen molar-refractivity contribution in [1.82, 2.24) is 5.16 Å². The van der Waals surface area contributed by atoms with Crippen molar-refractivity contribution in [3.05, 3.63) is 69.3 Å². The molecule has 134 valence electrons. The van der Waals surface area contributed by atoms with Gasteiger partial charge < -0.3 is 4.52 Å². The molecular weight excluding hydrogens is 328 g/mol. The number of benzene rings is 2. The van der Waals surface area contributed by atoms with Gasteiger partial charge in [-0.25, -0.2) is 0 Å². The molecule has 0 amide bonds. The van der Waals surface area contributed by atoms with Crippen LogP contribution in [-0.4, -0.2) is 10.1 Å². The molecule has 0 atom stereocenters. The summed E-state index contributed by atoms with van der Waals surface area (Å²) in [5, 5.41) is 14.9. The predicted molar refractivity (Wildman–Crippen MR) is 102 cm³/mol. The Morgan fingerprint density at radius 2 is 1.54 bits per heavy atom. The molecule has 0 fully saturated rings. The Labute approximate surface area is 152 Å². The van der Waals surface area contributed by atoms with Gasteiger partial charge in [0.2, 0.25) is 0 Å². The van der Waals surface area contributed by atoms with E-state index in [0.717, 1.165) is 30.4 Å². The summed E-state index contributed by atoms with van der Waals surface area (Å²) in [7, 11) is 0. The molecule has 0 N–H and O–H groups in total. The van der Waals surface area contributed by atoms with Gasteiger partial charge in [-0.05, 0) is 60.2 Å². The van der Waals surface area contributed by atoms with Gasteiger partial charge in [0.15, 0.2) is 5.76 Å². The van der Waals surface area contributed by atoms with E-state index in [0.29, 0.717) is 11.5 Å². The van der Waals surface area contributed by atoms with Crippen LogP contribution in [0.15, 0.2) is 47.0 Å². The number of nitro benzene ring substituents is 1. The molecule has 0 aliphatic rings. The van der Waals surface area contributed by atoms with Crippen LogP contribution < -0.4 is 0 Å². The Kier molecular flexibility index (Phi) is 5.16. The Hall–Kier alpha value is -2.95. The number of rotatable bonds is 6. The van der Waals surface area contributed by atoms with Crippen LogP contribution in [-0.2, 0) is 19.3 Å². The van der Waals surface area contributed by atoms with Crippen LogP contribution in [0.4, 0.5) is 5.69 Å². The first-order valence-corrected chi connectivity index (χ1v) is 8.93. The van der Waals surface area contributed by atoms with Crippen LogP contribution in [0.1, 0.15) is 37.5 Å². The summed E-state index contributed by atoms with van der Waals surface area (Å²) in [5.41, 5.74) is 6.66. The van der Waals surface area contributed by atoms with E-state index in [1.807, 2.05) is 6.07 Å². The second kappa shape index (κ2) is 7.52. The minimum Gasteiger partial charge on any atom is -0.356 e. The monoisotopic (exact) mass is 350 g/mol. The zero-order valence-electron chi connectivity index (χ0n) is 15.3. The normalized spacial score (nSPS) is 10.9. The number of aromatic nitrogens is 1. The highest BCUT2D eigenvalue weighted by molar-refractivity contribution is 5.69. The predicted octanol–water partition coefficient (Wildman–Crippen LogP) is 5.60. The van der Waals surface area contributed by atoms with Gasteiger partial charge in [-0.15, -0.1) is 0 Å². The van der Waals surface area contributed by atoms with E-state index < -0.39 is 4.92 Å². The molecule has 0 unspecified atom stereocenters. The number of aryl methyl sites for hydroxylation is 2. The second-order valence-corrected chi connectivity index (χ2v) is 6.21. The Morgan fingerprint density at radius 1 is 0.923 bits per heavy atom. The fraction of sp³-hybridized carbons (Fsp3) is 0.286. The summed E-state index contributed by atoms with van der Waals surface area (Å²) in [4.78, 5) is 10.4. The van der Waals surface area contributed by atoms with Crippen molar-refractivity contribution >= 4 is 5.69 Å². The molecule has 1 heterocycles. The summed E-state index contributed by atoms with van der Waals surface area (Å²) in [6.45, 7) is 6.52. The van der Waals surface area contributed by atoms with E-state index in [9.17, 15) is 10.1 Å². The molecule has 2 aromatic carbocycles. The third-order valence-corrected chi connectivity index (χ3v) is 4.72. The summed E-state index contributed by atoms with van der Waals surface area (Å²) in [6, 6.07) is 12.6. The number of nitro groups is 1. The lowest BCUT2D eigenvalue weighted by atomic mass is 9.92. The average molecular weight is 350 g/mol. The largest absolute Gasteiger partial charge is 0.356 e. The minimum absolute atomic E-state index is 0.0628. The van der Waals surface area contributed by atoms with Gasteiger partial charge in [0.25, 0.3) is 5.69 Å². The van der Waals surface area contributed by atoms with E-state index in [1.54, 1.807) is 12.1 Å². The molecule has 0 saturated carbocycles. The summed E-state index contributed by atoms with van der Waals surface area (Å²) < 4.78 is 5.57. The van der Waals surface area contributed by atoms with Gasteiger partial charge in [-0.2, -0.15) is 0 Å². The lowest BCUT2D eigenvalue weighted by molar-refractivity contribution is -0.384. The molecule has 3 rings (SSSR count). The van der Waals surface area contributed by atoms with Gasteiger partial charge >= 0.3 is 0 Å². The highest BCUT2D eigenvalue weighted by Crippen LogP contribution is 2.30. The highest BCUT2D eigenvalue weighted by Gasteiger charge is 2.14.